The van der Waals surface area contributed by atoms with Gasteiger partial charge in [-0.2, -0.15) is 0 Å². The molecule has 6 unspecified atom stereocenters. The third-order valence-electron chi connectivity index (χ3n) is 11.4. The van der Waals surface area contributed by atoms with Crippen LogP contribution in [0.15, 0.2) is 42.5 Å². The zero-order valence-electron chi connectivity index (χ0n) is 45.0. The maximum atomic E-state index is 14.1. The molecule has 6 atom stereocenters. The molecule has 10 amide bonds. The van der Waals surface area contributed by atoms with Crippen LogP contribution >= 0.6 is 0 Å². The molecule has 0 aliphatic rings. The van der Waals surface area contributed by atoms with E-state index in [0.29, 0.717) is 5.69 Å². The van der Waals surface area contributed by atoms with E-state index >= 15 is 0 Å². The Labute approximate surface area is 433 Å². The third-order valence-corrected chi connectivity index (χ3v) is 11.4. The molecule has 0 radical (unpaired) electrons. The number of hydrogen-bond donors (Lipinski definition) is 10. The van der Waals surface area contributed by atoms with E-state index < -0.39 is 101 Å². The number of rotatable bonds is 31. The van der Waals surface area contributed by atoms with Gasteiger partial charge in [0.15, 0.2) is 0 Å². The quantitative estimate of drug-likeness (QED) is 0.0361. The van der Waals surface area contributed by atoms with Gasteiger partial charge in [0, 0.05) is 25.6 Å². The molecule has 74 heavy (non-hydrogen) atoms. The first-order valence-electron chi connectivity index (χ1n) is 25.0. The van der Waals surface area contributed by atoms with E-state index in [1.165, 1.54) is 25.6 Å². The molecule has 0 aliphatic carbocycles. The van der Waals surface area contributed by atoms with Crippen molar-refractivity contribution in [3.05, 3.63) is 48.3 Å². The fourth-order valence-corrected chi connectivity index (χ4v) is 7.31. The predicted molar refractivity (Wildman–Crippen MR) is 275 cm³/mol. The summed E-state index contributed by atoms with van der Waals surface area (Å²) in [6.45, 7) is 23.5. The van der Waals surface area contributed by atoms with Gasteiger partial charge >= 0.3 is 0 Å². The Morgan fingerprint density at radius 1 is 0.622 bits per heavy atom. The van der Waals surface area contributed by atoms with E-state index in [9.17, 15) is 47.9 Å². The van der Waals surface area contributed by atoms with E-state index in [2.05, 4.69) is 69.8 Å². The monoisotopic (exact) mass is 1040 g/mol. The van der Waals surface area contributed by atoms with Crippen molar-refractivity contribution in [1.82, 2.24) is 68.1 Å². The van der Waals surface area contributed by atoms with Crippen LogP contribution < -0.4 is 53.6 Å². The second kappa shape index (κ2) is 30.1. The Balaban J connectivity index is 2.30. The number of para-hydroxylation sites is 1. The van der Waals surface area contributed by atoms with Crippen molar-refractivity contribution in [2.24, 2.45) is 29.4 Å². The van der Waals surface area contributed by atoms with Gasteiger partial charge in [0.05, 0.1) is 5.69 Å². The van der Waals surface area contributed by atoms with Crippen LogP contribution in [-0.4, -0.2) is 134 Å². The lowest BCUT2D eigenvalue weighted by molar-refractivity contribution is -0.138. The van der Waals surface area contributed by atoms with Crippen LogP contribution in [0, 0.1) is 23.7 Å². The normalized spacial score (nSPS) is 13.8. The van der Waals surface area contributed by atoms with Gasteiger partial charge in [-0.05, 0) is 100 Å². The zero-order chi connectivity index (χ0) is 56.0. The van der Waals surface area contributed by atoms with Gasteiger partial charge in [0.2, 0.25) is 53.2 Å². The van der Waals surface area contributed by atoms with Gasteiger partial charge in [0.25, 0.3) is 11.7 Å². The van der Waals surface area contributed by atoms with E-state index in [0.717, 1.165) is 0 Å². The lowest BCUT2D eigenvalue weighted by Gasteiger charge is -2.32. The van der Waals surface area contributed by atoms with Crippen LogP contribution in [0.4, 0.5) is 0 Å². The number of carbonyl (C=O) groups excluding carboxylic acids is 10. The van der Waals surface area contributed by atoms with Crippen molar-refractivity contribution in [3.8, 4) is 5.69 Å². The van der Waals surface area contributed by atoms with Crippen molar-refractivity contribution in [3.63, 3.8) is 0 Å². The van der Waals surface area contributed by atoms with Crippen LogP contribution in [0.2, 0.25) is 0 Å². The van der Waals surface area contributed by atoms with Crippen molar-refractivity contribution >= 4 is 59.1 Å². The van der Waals surface area contributed by atoms with Gasteiger partial charge in [-0.15, -0.1) is 15.0 Å². The summed E-state index contributed by atoms with van der Waals surface area (Å²) in [5.41, 5.74) is 4.79. The number of aromatic nitrogens is 4. The molecule has 0 fully saturated rings. The fraction of sp³-hybridized carbons (Fsp3) is 0.620. The number of primary amides is 1. The Morgan fingerprint density at radius 2 is 1.09 bits per heavy atom. The number of nitrogens with two attached hydrogens (primary N) is 1. The predicted octanol–water partition coefficient (Wildman–Crippen LogP) is 0.358. The molecular weight excluding hydrogens is 957 g/mol. The molecular formula is C50H80N14O10. The third kappa shape index (κ3) is 21.4. The average Bonchev–Trinajstić information content (AvgIpc) is 3.81. The summed E-state index contributed by atoms with van der Waals surface area (Å²) in [5, 5.41) is 35.9. The Hall–Kier alpha value is -7.27. The minimum Gasteiger partial charge on any atom is -0.368 e. The van der Waals surface area contributed by atoms with Crippen LogP contribution in [-0.2, 0) is 43.2 Å². The highest BCUT2D eigenvalue weighted by Crippen LogP contribution is 2.14. The van der Waals surface area contributed by atoms with Crippen LogP contribution in [0.3, 0.4) is 0 Å². The molecule has 1 aromatic carbocycles. The second-order valence-electron chi connectivity index (χ2n) is 20.5. The molecule has 1 aromatic heterocycles. The first-order chi connectivity index (χ1) is 34.5. The lowest BCUT2D eigenvalue weighted by atomic mass is 9.97. The van der Waals surface area contributed by atoms with Crippen LogP contribution in [0.25, 0.3) is 5.69 Å². The number of tetrazole rings is 1. The summed E-state index contributed by atoms with van der Waals surface area (Å²) in [7, 11) is 0. The fourth-order valence-electron chi connectivity index (χ4n) is 7.31. The molecule has 24 nitrogen and oxygen atoms in total. The molecule has 0 bridgehead atoms. The summed E-state index contributed by atoms with van der Waals surface area (Å²) in [4.78, 5) is 134. The molecule has 2 aromatic rings. The Kier molecular flexibility index (Phi) is 25.5. The standard InChI is InChI=1S/C50H80N14O10/c1-27(2)25-36(40(51)66)57-43(68)34(22-18-24-53-48(73)41-61-63-64(62-41)33-19-15-14-16-20-33)56-47(72)39(30(7)8)59-49(74)50(12,13)60-45(70)37(26-28(3)4)58-44(69)35(21-17-23-52-42(67)31(9)10)55-46(71)38(29(5)6)54-32(11)65/h14-16,19-20,27-30,34-39H,9,17-18,21-26H2,1-8,10-13H3,(H2,51,66)(H,52,67)(H,53,73)(H,54,65)(H,55,71)(H,56,72)(H,57,68)(H,58,69)(H,59,74)(H,60,70). The van der Waals surface area contributed by atoms with E-state index in [-0.39, 0.29) is 86.7 Å². The maximum absolute atomic E-state index is 14.1. The first-order valence-corrected chi connectivity index (χ1v) is 25.0. The molecule has 410 valence electrons. The number of nitrogens with zero attached hydrogens (tertiary/aromatic N) is 4. The van der Waals surface area contributed by atoms with E-state index in [1.54, 1.807) is 58.9 Å². The minimum absolute atomic E-state index is 0.0159. The molecule has 0 aliphatic heterocycles. The summed E-state index contributed by atoms with van der Waals surface area (Å²) < 4.78 is 0. The van der Waals surface area contributed by atoms with Gasteiger partial charge in [-0.25, -0.2) is 0 Å². The van der Waals surface area contributed by atoms with Crippen LogP contribution in [0.1, 0.15) is 132 Å². The average molecular weight is 1040 g/mol. The number of benzene rings is 1. The molecule has 2 rings (SSSR count). The molecule has 0 spiro atoms. The summed E-state index contributed by atoms with van der Waals surface area (Å²) >= 11 is 0. The van der Waals surface area contributed by atoms with Gasteiger partial charge < -0.3 is 53.6 Å². The number of hydrogen-bond acceptors (Lipinski definition) is 13. The SMILES string of the molecule is C=C(C)C(=O)NCCCC(NC(=O)C(NC(C)=O)C(C)C)C(=O)NC(CC(C)C)C(=O)NC(C)(C)C(=O)NC(C(=O)NC(CCCNC(=O)c1nnn(-c2ccccc2)n1)C(=O)NC(CC(C)C)C(N)=O)C(C)C. The maximum Gasteiger partial charge on any atom is 0.292 e. The molecule has 1 heterocycles. The molecule has 24 heteroatoms. The summed E-state index contributed by atoms with van der Waals surface area (Å²) in [6, 6.07) is 1.81. The Bertz CT molecular complexity index is 2280. The lowest BCUT2D eigenvalue weighted by Crippen LogP contribution is -2.64. The highest BCUT2D eigenvalue weighted by molar-refractivity contribution is 5.99. The van der Waals surface area contributed by atoms with Crippen molar-refractivity contribution in [2.75, 3.05) is 13.1 Å². The van der Waals surface area contributed by atoms with E-state index in [1.807, 2.05) is 33.8 Å². The van der Waals surface area contributed by atoms with Crippen molar-refractivity contribution in [2.45, 2.75) is 163 Å². The summed E-state index contributed by atoms with van der Waals surface area (Å²) in [6.07, 6.45) is 0.692. The highest BCUT2D eigenvalue weighted by Gasteiger charge is 2.38. The van der Waals surface area contributed by atoms with Crippen LogP contribution in [0.5, 0.6) is 0 Å². The second-order valence-corrected chi connectivity index (χ2v) is 20.5. The topological polar surface area (TPSA) is 349 Å². The number of carbonyl (C=O) groups is 10. The van der Waals surface area contributed by atoms with Gasteiger partial charge in [0.1, 0.15) is 41.8 Å². The number of amides is 10. The summed E-state index contributed by atoms with van der Waals surface area (Å²) in [5.74, 6) is -7.97. The van der Waals surface area contributed by atoms with E-state index in [4.69, 9.17) is 5.73 Å². The molecule has 0 saturated heterocycles. The zero-order valence-corrected chi connectivity index (χ0v) is 45.0. The molecule has 11 N–H and O–H groups in total. The Morgan fingerprint density at radius 3 is 1.57 bits per heavy atom. The van der Waals surface area contributed by atoms with Crippen molar-refractivity contribution in [1.29, 1.82) is 0 Å². The number of nitrogens with one attached hydrogen (secondary N) is 9. The van der Waals surface area contributed by atoms with Crippen molar-refractivity contribution < 1.29 is 47.9 Å². The largest absolute Gasteiger partial charge is 0.368 e. The smallest absolute Gasteiger partial charge is 0.292 e. The first kappa shape index (κ1) is 62.8. The van der Waals surface area contributed by atoms with Gasteiger partial charge in [-0.3, -0.25) is 47.9 Å². The van der Waals surface area contributed by atoms with Gasteiger partial charge in [-0.1, -0.05) is 80.2 Å². The highest BCUT2D eigenvalue weighted by atomic mass is 16.2. The minimum atomic E-state index is -1.70. The molecule has 0 saturated carbocycles.